The lowest BCUT2D eigenvalue weighted by atomic mass is 10.2. The molecule has 2 N–H and O–H groups in total. The predicted molar refractivity (Wildman–Crippen MR) is 74.4 cm³/mol. The molecule has 0 radical (unpaired) electrons. The van der Waals surface area contributed by atoms with Crippen molar-refractivity contribution in [1.29, 1.82) is 0 Å². The molecule has 0 aromatic carbocycles. The second-order valence-corrected chi connectivity index (χ2v) is 7.99. The van der Waals surface area contributed by atoms with Crippen molar-refractivity contribution >= 4 is 8.56 Å². The molecule has 0 aliphatic heterocycles. The highest BCUT2D eigenvalue weighted by atomic mass is 28.4. The molecule has 0 rings (SSSR count). The van der Waals surface area contributed by atoms with Crippen molar-refractivity contribution in [3.05, 3.63) is 0 Å². The third kappa shape index (κ3) is 4.95. The van der Waals surface area contributed by atoms with E-state index in [1.165, 1.54) is 0 Å². The lowest BCUT2D eigenvalue weighted by Crippen LogP contribution is -2.53. The standard InChI is InChI=1S/C12H29NO4Si/c1-7-16-18(6,10-8-9-13)17-12(14-4,15-5)11(2)3/h11H,7-10,13H2,1-6H3. The molecule has 6 heteroatoms. The highest BCUT2D eigenvalue weighted by molar-refractivity contribution is 6.66. The van der Waals surface area contributed by atoms with Gasteiger partial charge in [-0.2, -0.15) is 0 Å². The van der Waals surface area contributed by atoms with E-state index in [0.29, 0.717) is 13.2 Å². The summed E-state index contributed by atoms with van der Waals surface area (Å²) in [7, 11) is 0.840. The molecule has 1 atom stereocenters. The average molecular weight is 279 g/mol. The van der Waals surface area contributed by atoms with Gasteiger partial charge in [0.15, 0.2) is 0 Å². The van der Waals surface area contributed by atoms with Gasteiger partial charge in [-0.15, -0.1) is 0 Å². The maximum atomic E-state index is 6.14. The fourth-order valence-corrected chi connectivity index (χ4v) is 4.70. The normalized spacial score (nSPS) is 16.0. The summed E-state index contributed by atoms with van der Waals surface area (Å²) >= 11 is 0. The third-order valence-corrected chi connectivity index (χ3v) is 5.80. The minimum absolute atomic E-state index is 0.0673. The van der Waals surface area contributed by atoms with E-state index in [-0.39, 0.29) is 5.92 Å². The van der Waals surface area contributed by atoms with Gasteiger partial charge < -0.3 is 24.1 Å². The Morgan fingerprint density at radius 1 is 1.22 bits per heavy atom. The van der Waals surface area contributed by atoms with E-state index < -0.39 is 14.5 Å². The molecule has 0 fully saturated rings. The van der Waals surface area contributed by atoms with Gasteiger partial charge in [-0.05, 0) is 32.5 Å². The van der Waals surface area contributed by atoms with E-state index in [2.05, 4.69) is 0 Å². The topological polar surface area (TPSA) is 62.9 Å². The van der Waals surface area contributed by atoms with Crippen LogP contribution in [0, 0.1) is 5.92 Å². The molecular formula is C12H29NO4Si. The summed E-state index contributed by atoms with van der Waals surface area (Å²) in [5.74, 6) is -0.970. The maximum absolute atomic E-state index is 6.14. The molecule has 0 saturated carbocycles. The number of ether oxygens (including phenoxy) is 2. The SMILES string of the molecule is CCO[Si](C)(CCCN)OC(OC)(OC)C(C)C. The lowest BCUT2D eigenvalue weighted by molar-refractivity contribution is -0.354. The Bertz CT molecular complexity index is 224. The summed E-state index contributed by atoms with van der Waals surface area (Å²) in [6, 6.07) is 0.832. The number of methoxy groups -OCH3 is 2. The van der Waals surface area contributed by atoms with E-state index in [9.17, 15) is 0 Å². The van der Waals surface area contributed by atoms with Crippen molar-refractivity contribution in [3.8, 4) is 0 Å². The minimum Gasteiger partial charge on any atom is -0.395 e. The maximum Gasteiger partial charge on any atom is 0.339 e. The van der Waals surface area contributed by atoms with Crippen molar-refractivity contribution in [2.75, 3.05) is 27.4 Å². The molecule has 0 heterocycles. The Balaban J connectivity index is 4.90. The first-order valence-corrected chi connectivity index (χ1v) is 9.06. The quantitative estimate of drug-likeness (QED) is 0.490. The second-order valence-electron chi connectivity index (χ2n) is 4.73. The van der Waals surface area contributed by atoms with E-state index >= 15 is 0 Å². The van der Waals surface area contributed by atoms with Crippen LogP contribution < -0.4 is 5.73 Å². The fraction of sp³-hybridized carbons (Fsp3) is 1.00. The van der Waals surface area contributed by atoms with E-state index in [1.807, 2.05) is 27.3 Å². The number of rotatable bonds is 10. The van der Waals surface area contributed by atoms with E-state index in [1.54, 1.807) is 14.2 Å². The highest BCUT2D eigenvalue weighted by Crippen LogP contribution is 2.30. The first kappa shape index (κ1) is 18.0. The minimum atomic E-state index is -2.34. The average Bonchev–Trinajstić information content (AvgIpc) is 2.34. The van der Waals surface area contributed by atoms with Crippen molar-refractivity contribution < 1.29 is 18.3 Å². The number of nitrogens with two attached hydrogens (primary N) is 1. The Labute approximate surface area is 112 Å². The lowest BCUT2D eigenvalue weighted by Gasteiger charge is -2.40. The van der Waals surface area contributed by atoms with Gasteiger partial charge in [0, 0.05) is 26.7 Å². The van der Waals surface area contributed by atoms with Crippen LogP contribution in [0.25, 0.3) is 0 Å². The Kier molecular flexibility index (Phi) is 8.25. The largest absolute Gasteiger partial charge is 0.395 e. The summed E-state index contributed by atoms with van der Waals surface area (Å²) in [6.07, 6.45) is 0.879. The van der Waals surface area contributed by atoms with E-state index in [4.69, 9.17) is 24.1 Å². The van der Waals surface area contributed by atoms with Crippen LogP contribution in [0.15, 0.2) is 0 Å². The monoisotopic (exact) mass is 279 g/mol. The van der Waals surface area contributed by atoms with Crippen molar-refractivity contribution in [1.82, 2.24) is 0 Å². The van der Waals surface area contributed by atoms with Gasteiger partial charge in [-0.25, -0.2) is 0 Å². The molecule has 0 bridgehead atoms. The van der Waals surface area contributed by atoms with Crippen LogP contribution in [0.5, 0.6) is 0 Å². The molecular weight excluding hydrogens is 250 g/mol. The molecule has 0 aliphatic carbocycles. The highest BCUT2D eigenvalue weighted by Gasteiger charge is 2.45. The van der Waals surface area contributed by atoms with Crippen LogP contribution in [-0.2, 0) is 18.3 Å². The van der Waals surface area contributed by atoms with E-state index in [0.717, 1.165) is 12.5 Å². The summed E-state index contributed by atoms with van der Waals surface area (Å²) < 4.78 is 22.9. The summed E-state index contributed by atoms with van der Waals surface area (Å²) in [5.41, 5.74) is 5.57. The van der Waals surface area contributed by atoms with Gasteiger partial charge in [0.05, 0.1) is 0 Å². The first-order chi connectivity index (χ1) is 8.39. The van der Waals surface area contributed by atoms with Crippen LogP contribution in [0.4, 0.5) is 0 Å². The molecule has 5 nitrogen and oxygen atoms in total. The van der Waals surface area contributed by atoms with Crippen molar-refractivity contribution in [2.24, 2.45) is 11.7 Å². The number of hydrogen-bond acceptors (Lipinski definition) is 5. The van der Waals surface area contributed by atoms with Crippen molar-refractivity contribution in [2.45, 2.75) is 45.8 Å². The van der Waals surface area contributed by atoms with Gasteiger partial charge >= 0.3 is 8.56 Å². The zero-order valence-corrected chi connectivity index (χ0v) is 13.6. The van der Waals surface area contributed by atoms with Crippen LogP contribution in [-0.4, -0.2) is 41.9 Å². The van der Waals surface area contributed by atoms with Gasteiger partial charge in [-0.3, -0.25) is 0 Å². The Morgan fingerprint density at radius 3 is 2.11 bits per heavy atom. The van der Waals surface area contributed by atoms with Crippen LogP contribution >= 0.6 is 0 Å². The van der Waals surface area contributed by atoms with Crippen LogP contribution in [0.1, 0.15) is 27.2 Å². The van der Waals surface area contributed by atoms with Gasteiger partial charge in [0.2, 0.25) is 0 Å². The number of hydrogen-bond donors (Lipinski definition) is 1. The van der Waals surface area contributed by atoms with Crippen LogP contribution in [0.3, 0.4) is 0 Å². The molecule has 0 spiro atoms. The fourth-order valence-electron chi connectivity index (χ4n) is 1.94. The second kappa shape index (κ2) is 8.24. The molecule has 110 valence electrons. The molecule has 0 amide bonds. The third-order valence-electron chi connectivity index (χ3n) is 2.92. The van der Waals surface area contributed by atoms with Crippen LogP contribution in [0.2, 0.25) is 12.6 Å². The summed E-state index contributed by atoms with van der Waals surface area (Å²) in [5, 5.41) is 0. The predicted octanol–water partition coefficient (Wildman–Crippen LogP) is 2.06. The van der Waals surface area contributed by atoms with Gasteiger partial charge in [0.25, 0.3) is 5.97 Å². The molecule has 0 aliphatic rings. The summed E-state index contributed by atoms with van der Waals surface area (Å²) in [4.78, 5) is 0. The smallest absolute Gasteiger partial charge is 0.339 e. The van der Waals surface area contributed by atoms with Gasteiger partial charge in [0.1, 0.15) is 0 Å². The molecule has 0 saturated heterocycles. The van der Waals surface area contributed by atoms with Crippen molar-refractivity contribution in [3.63, 3.8) is 0 Å². The Hall–Kier alpha value is 0.0169. The molecule has 0 aromatic rings. The van der Waals surface area contributed by atoms with Gasteiger partial charge in [-0.1, -0.05) is 13.8 Å². The first-order valence-electron chi connectivity index (χ1n) is 6.54. The molecule has 0 aromatic heterocycles. The zero-order chi connectivity index (χ0) is 14.2. The Morgan fingerprint density at radius 2 is 1.78 bits per heavy atom. The summed E-state index contributed by atoms with van der Waals surface area (Å²) in [6.45, 7) is 9.24. The molecule has 1 unspecified atom stereocenters. The zero-order valence-electron chi connectivity index (χ0n) is 12.6. The molecule has 18 heavy (non-hydrogen) atoms.